The number of nitrogens with zero attached hydrogens (tertiary/aromatic N) is 1. The average molecular weight is 333 g/mol. The monoisotopic (exact) mass is 333 g/mol. The van der Waals surface area contributed by atoms with Crippen LogP contribution in [0.4, 0.5) is 0 Å². The van der Waals surface area contributed by atoms with Crippen LogP contribution in [0, 0.1) is 15.3 Å². The van der Waals surface area contributed by atoms with Gasteiger partial charge in [-0.2, -0.15) is 27.0 Å². The van der Waals surface area contributed by atoms with E-state index in [2.05, 4.69) is 0 Å². The molecule has 8 heteroatoms. The van der Waals surface area contributed by atoms with E-state index < -0.39 is 5.09 Å². The molecule has 0 unspecified atom stereocenters. The van der Waals surface area contributed by atoms with Crippen LogP contribution in [0.25, 0.3) is 0 Å². The second-order valence-electron chi connectivity index (χ2n) is 0.224. The van der Waals surface area contributed by atoms with Crippen molar-refractivity contribution in [3.8, 4) is 0 Å². The molecular formula is H6BaCuNO3S2-. The van der Waals surface area contributed by atoms with E-state index in [0.29, 0.717) is 0 Å². The third-order valence-corrected chi connectivity index (χ3v) is 0. The Balaban J connectivity index is -0.00000000300. The zero-order valence-corrected chi connectivity index (χ0v) is 11.1. The minimum atomic E-state index is -1.75. The largest absolute Gasteiger partial charge is 2.00 e. The van der Waals surface area contributed by atoms with Crippen LogP contribution >= 0.6 is 27.0 Å². The smallest absolute Gasteiger partial charge is 1.00 e. The molecule has 0 heterocycles. The van der Waals surface area contributed by atoms with Gasteiger partial charge in [0.1, 0.15) is 0 Å². The summed E-state index contributed by atoms with van der Waals surface area (Å²) >= 11 is 0. The molecule has 0 aliphatic rings. The molecule has 0 saturated carbocycles. The summed E-state index contributed by atoms with van der Waals surface area (Å²) in [4.78, 5) is 8.25. The molecule has 8 heavy (non-hydrogen) atoms. The van der Waals surface area contributed by atoms with Crippen molar-refractivity contribution in [2.24, 2.45) is 0 Å². The van der Waals surface area contributed by atoms with Gasteiger partial charge in [0, 0.05) is 17.1 Å². The Kier molecular flexibility index (Phi) is 93.4. The summed E-state index contributed by atoms with van der Waals surface area (Å²) in [5.74, 6) is 0. The maximum atomic E-state index is 8.25. The van der Waals surface area contributed by atoms with E-state index in [1.807, 2.05) is 0 Å². The molecule has 0 bridgehead atoms. The van der Waals surface area contributed by atoms with E-state index in [4.69, 9.17) is 15.3 Å². The van der Waals surface area contributed by atoms with Gasteiger partial charge < -0.3 is 18.2 Å². The van der Waals surface area contributed by atoms with E-state index >= 15 is 0 Å². The van der Waals surface area contributed by atoms with Crippen LogP contribution in [0.3, 0.4) is 0 Å². The van der Waals surface area contributed by atoms with Crippen LogP contribution < -0.4 is 0 Å². The zero-order valence-electron chi connectivity index (χ0n) is 5.68. The van der Waals surface area contributed by atoms with Crippen molar-refractivity contribution in [3.63, 3.8) is 0 Å². The van der Waals surface area contributed by atoms with Crippen molar-refractivity contribution in [3.05, 3.63) is 15.3 Å². The van der Waals surface area contributed by atoms with Gasteiger partial charge in [0.15, 0.2) is 0 Å². The van der Waals surface area contributed by atoms with Crippen LogP contribution in [0.2, 0.25) is 0 Å². The van der Waals surface area contributed by atoms with Crippen molar-refractivity contribution in [2.45, 2.75) is 0 Å². The molecule has 0 atom stereocenters. The fourth-order valence-electron chi connectivity index (χ4n) is 0. The topological polar surface area (TPSA) is 66.2 Å². The molecule has 4 nitrogen and oxygen atoms in total. The first-order valence-electron chi connectivity index (χ1n) is 0.548. The Hall–Kier alpha value is 1.99. The first-order valence-corrected chi connectivity index (χ1v) is 0.548. The molecule has 0 aliphatic carbocycles. The average Bonchev–Trinajstić information content (AvgIpc) is 0.811. The summed E-state index contributed by atoms with van der Waals surface area (Å²) in [6.45, 7) is 0. The molecule has 0 spiro atoms. The van der Waals surface area contributed by atoms with E-state index in [1.54, 1.807) is 0 Å². The van der Waals surface area contributed by atoms with Crippen LogP contribution in [-0.2, 0) is 17.1 Å². The maximum absolute atomic E-state index is 8.25. The van der Waals surface area contributed by atoms with E-state index in [0.717, 1.165) is 0 Å². The number of rotatable bonds is 0. The molecule has 55 valence electrons. The fraction of sp³-hybridized carbons (Fsp3) is 0. The predicted octanol–water partition coefficient (Wildman–Crippen LogP) is -0.172. The fourth-order valence-corrected chi connectivity index (χ4v) is 0. The van der Waals surface area contributed by atoms with E-state index in [9.17, 15) is 0 Å². The van der Waals surface area contributed by atoms with E-state index in [-0.39, 0.29) is 95.8 Å². The van der Waals surface area contributed by atoms with Crippen molar-refractivity contribution in [1.82, 2.24) is 0 Å². The molecule has 0 amide bonds. The summed E-state index contributed by atoms with van der Waals surface area (Å²) in [5, 5.41) is 14.8. The third-order valence-electron chi connectivity index (χ3n) is 0. The van der Waals surface area contributed by atoms with Gasteiger partial charge in [-0.25, -0.2) is 0 Å². The number of hydrogen-bond acceptors (Lipinski definition) is 3. The van der Waals surface area contributed by atoms with Crippen LogP contribution in [0.1, 0.15) is 2.85 Å². The minimum Gasteiger partial charge on any atom is -1.00 e. The Morgan fingerprint density at radius 1 is 1.25 bits per heavy atom. The summed E-state index contributed by atoms with van der Waals surface area (Å²) in [6.07, 6.45) is 0. The second-order valence-corrected chi connectivity index (χ2v) is 0.224. The standard InChI is InChI=1S/Ba.Cu.NO3.2H2S.2H/c;;2-1(3)4;;;;/h;;;2*1H2;;/q+2;;-1;;;2*-1. The van der Waals surface area contributed by atoms with Gasteiger partial charge in [-0.05, 0) is 0 Å². The summed E-state index contributed by atoms with van der Waals surface area (Å²) in [6, 6.07) is 0. The van der Waals surface area contributed by atoms with Crippen molar-refractivity contribution in [2.75, 3.05) is 0 Å². The first kappa shape index (κ1) is 32.4. The van der Waals surface area contributed by atoms with Gasteiger partial charge in [-0.3, -0.25) is 0 Å². The Morgan fingerprint density at radius 2 is 1.25 bits per heavy atom. The molecule has 0 saturated heterocycles. The first-order chi connectivity index (χ1) is 1.73. The summed E-state index contributed by atoms with van der Waals surface area (Å²) in [5.41, 5.74) is 0. The second kappa shape index (κ2) is 23.0. The predicted molar refractivity (Wildman–Crippen MR) is 39.1 cm³/mol. The quantitative estimate of drug-likeness (QED) is 0.351. The van der Waals surface area contributed by atoms with Gasteiger partial charge in [0.05, 0.1) is 5.09 Å². The molecule has 0 aliphatic heterocycles. The molecule has 0 aromatic rings. The SMILES string of the molecule is O=[N+]([O-])[O-].S.S.[Ba+2].[Cu].[H-].[H-]. The molecule has 0 aromatic carbocycles. The van der Waals surface area contributed by atoms with Crippen molar-refractivity contribution < 1.29 is 25.0 Å². The van der Waals surface area contributed by atoms with E-state index in [1.165, 1.54) is 0 Å². The molecule has 0 fully saturated rings. The molecule has 0 rings (SSSR count). The molecular weight excluding hydrogens is 327 g/mol. The van der Waals surface area contributed by atoms with Crippen LogP contribution in [-0.4, -0.2) is 54.0 Å². The zero-order chi connectivity index (χ0) is 3.58. The van der Waals surface area contributed by atoms with Crippen LogP contribution in [0.15, 0.2) is 0 Å². The van der Waals surface area contributed by atoms with Gasteiger partial charge in [-0.15, -0.1) is 0 Å². The van der Waals surface area contributed by atoms with Crippen molar-refractivity contribution in [1.29, 1.82) is 0 Å². The van der Waals surface area contributed by atoms with Crippen LogP contribution in [0.5, 0.6) is 0 Å². The maximum Gasteiger partial charge on any atom is 2.00 e. The molecule has 0 aromatic heterocycles. The number of hydrogen-bond donors (Lipinski definition) is 0. The minimum absolute atomic E-state index is 0. The van der Waals surface area contributed by atoms with Gasteiger partial charge in [0.2, 0.25) is 0 Å². The van der Waals surface area contributed by atoms with Gasteiger partial charge >= 0.3 is 48.9 Å². The third kappa shape index (κ3) is 98.5. The summed E-state index contributed by atoms with van der Waals surface area (Å²) in [7, 11) is 0. The normalized spacial score (nSPS) is 3.00. The Morgan fingerprint density at radius 3 is 1.25 bits per heavy atom. The Bertz CT molecular complexity index is 47.5. The van der Waals surface area contributed by atoms with Crippen molar-refractivity contribution >= 4 is 75.9 Å². The van der Waals surface area contributed by atoms with Gasteiger partial charge in [0.25, 0.3) is 0 Å². The summed E-state index contributed by atoms with van der Waals surface area (Å²) < 4.78 is 0. The molecule has 0 N–H and O–H groups in total. The molecule has 1 radical (unpaired) electrons. The Labute approximate surface area is 114 Å². The van der Waals surface area contributed by atoms with Gasteiger partial charge in [-0.1, -0.05) is 0 Å².